The van der Waals surface area contributed by atoms with E-state index in [1.807, 2.05) is 4.90 Å². The molecule has 0 radical (unpaired) electrons. The largest absolute Gasteiger partial charge is 0.481 e. The van der Waals surface area contributed by atoms with Gasteiger partial charge in [0.1, 0.15) is 18.6 Å². The molecule has 29 heavy (non-hydrogen) atoms. The minimum absolute atomic E-state index is 0.0877. The van der Waals surface area contributed by atoms with Gasteiger partial charge in [0.15, 0.2) is 0 Å². The van der Waals surface area contributed by atoms with Gasteiger partial charge in [0, 0.05) is 28.8 Å². The molecule has 154 valence electrons. The van der Waals surface area contributed by atoms with Crippen molar-refractivity contribution in [2.45, 2.75) is 18.0 Å². The van der Waals surface area contributed by atoms with Gasteiger partial charge in [-0.3, -0.25) is 0 Å². The molecule has 1 heterocycles. The highest BCUT2D eigenvalue weighted by Crippen LogP contribution is 2.29. The van der Waals surface area contributed by atoms with Gasteiger partial charge in [-0.25, -0.2) is 8.42 Å². The number of aliphatic hydroxyl groups excluding tert-OH is 1. The van der Waals surface area contributed by atoms with E-state index in [2.05, 4.69) is 11.8 Å². The first-order valence-electron chi connectivity index (χ1n) is 8.84. The molecule has 0 aromatic heterocycles. The molecule has 1 atom stereocenters. The van der Waals surface area contributed by atoms with Crippen LogP contribution in [-0.4, -0.2) is 50.3 Å². The van der Waals surface area contributed by atoms with Crippen molar-refractivity contribution in [3.8, 4) is 17.6 Å². The summed E-state index contributed by atoms with van der Waals surface area (Å²) in [4.78, 5) is 1.94. The Labute approximate surface area is 180 Å². The van der Waals surface area contributed by atoms with Gasteiger partial charge in [0.2, 0.25) is 10.0 Å². The van der Waals surface area contributed by atoms with Gasteiger partial charge >= 0.3 is 0 Å². The highest BCUT2D eigenvalue weighted by Gasteiger charge is 2.35. The fourth-order valence-corrected chi connectivity index (χ4v) is 4.99. The van der Waals surface area contributed by atoms with Crippen molar-refractivity contribution in [1.29, 1.82) is 0 Å². The monoisotopic (exact) mass is 454 g/mol. The fraction of sp³-hybridized carbons (Fsp3) is 0.300. The summed E-state index contributed by atoms with van der Waals surface area (Å²) < 4.78 is 32.4. The van der Waals surface area contributed by atoms with Crippen LogP contribution >= 0.6 is 23.2 Å². The van der Waals surface area contributed by atoms with E-state index in [9.17, 15) is 13.5 Å². The molecule has 1 N–H and O–H groups in total. The van der Waals surface area contributed by atoms with Crippen molar-refractivity contribution in [2.24, 2.45) is 0 Å². The second-order valence-corrected chi connectivity index (χ2v) is 9.12. The molecule has 0 amide bonds. The molecule has 6 nitrogen and oxygen atoms in total. The number of nitrogens with zero attached hydrogens (tertiary/aromatic N) is 2. The van der Waals surface area contributed by atoms with Crippen LogP contribution in [0.4, 0.5) is 5.69 Å². The van der Waals surface area contributed by atoms with Crippen LogP contribution in [0.3, 0.4) is 0 Å². The third kappa shape index (κ3) is 5.16. The zero-order chi connectivity index (χ0) is 21.0. The lowest BCUT2D eigenvalue weighted by molar-refractivity contribution is 0.0554. The maximum absolute atomic E-state index is 13.0. The van der Waals surface area contributed by atoms with E-state index in [1.165, 1.54) is 12.1 Å². The summed E-state index contributed by atoms with van der Waals surface area (Å²) in [5.41, 5.74) is 0.732. The number of β-amino-alcohol motifs (C(OH)–C–C–N with tert-alkyl or cyclic N) is 1. The predicted molar refractivity (Wildman–Crippen MR) is 114 cm³/mol. The SMILES string of the molecule is CC#CCOc1ccc(S(=O)(=O)N2CCN(c3cc(Cl)cc(Cl)c3)CC2O)cc1. The Balaban J connectivity index is 1.72. The third-order valence-corrected chi connectivity index (χ3v) is 6.78. The lowest BCUT2D eigenvalue weighted by Gasteiger charge is -2.39. The lowest BCUT2D eigenvalue weighted by Crippen LogP contribution is -2.55. The number of hydrogen-bond acceptors (Lipinski definition) is 5. The van der Waals surface area contributed by atoms with Crippen LogP contribution in [0.15, 0.2) is 47.4 Å². The smallest absolute Gasteiger partial charge is 0.245 e. The van der Waals surface area contributed by atoms with E-state index < -0.39 is 16.3 Å². The number of rotatable bonds is 5. The molecular formula is C20H20Cl2N2O4S. The van der Waals surface area contributed by atoms with Gasteiger partial charge in [0.25, 0.3) is 0 Å². The number of aliphatic hydroxyl groups is 1. The third-order valence-electron chi connectivity index (χ3n) is 4.44. The van der Waals surface area contributed by atoms with Crippen LogP contribution in [0.25, 0.3) is 0 Å². The van der Waals surface area contributed by atoms with Crippen LogP contribution in [-0.2, 0) is 10.0 Å². The molecule has 1 saturated heterocycles. The Morgan fingerprint density at radius 3 is 2.38 bits per heavy atom. The molecule has 1 aliphatic rings. The number of ether oxygens (including phenoxy) is 1. The summed E-state index contributed by atoms with van der Waals surface area (Å²) in [7, 11) is -3.85. The number of benzene rings is 2. The number of piperazine rings is 1. The summed E-state index contributed by atoms with van der Waals surface area (Å²) >= 11 is 12.1. The Morgan fingerprint density at radius 1 is 1.14 bits per heavy atom. The highest BCUT2D eigenvalue weighted by molar-refractivity contribution is 7.89. The van der Waals surface area contributed by atoms with E-state index in [0.29, 0.717) is 22.3 Å². The second-order valence-electron chi connectivity index (χ2n) is 6.36. The van der Waals surface area contributed by atoms with Gasteiger partial charge in [-0.2, -0.15) is 4.31 Å². The Hall–Kier alpha value is -1.95. The molecule has 0 saturated carbocycles. The minimum atomic E-state index is -3.85. The predicted octanol–water partition coefficient (Wildman–Crippen LogP) is 3.22. The first-order valence-corrected chi connectivity index (χ1v) is 11.0. The molecular weight excluding hydrogens is 435 g/mol. The quantitative estimate of drug-likeness (QED) is 0.702. The zero-order valence-electron chi connectivity index (χ0n) is 15.7. The van der Waals surface area contributed by atoms with Crippen LogP contribution in [0.2, 0.25) is 10.0 Å². The Bertz CT molecular complexity index is 1010. The average Bonchev–Trinajstić information content (AvgIpc) is 2.67. The number of hydrogen-bond donors (Lipinski definition) is 1. The van der Waals surface area contributed by atoms with Crippen molar-refractivity contribution < 1.29 is 18.3 Å². The van der Waals surface area contributed by atoms with Crippen LogP contribution in [0.5, 0.6) is 5.75 Å². The standard InChI is InChI=1S/C20H20Cl2N2O4S/c1-2-3-10-28-18-4-6-19(7-5-18)29(26,27)24-9-8-23(14-20(24)25)17-12-15(21)11-16(22)13-17/h4-7,11-13,20,25H,8-10,14H2,1H3. The van der Waals surface area contributed by atoms with Gasteiger partial charge in [-0.1, -0.05) is 29.1 Å². The number of halogens is 2. The first kappa shape index (κ1) is 21.8. The molecule has 2 aromatic carbocycles. The molecule has 1 fully saturated rings. The van der Waals surface area contributed by atoms with Gasteiger partial charge in [-0.05, 0) is 49.4 Å². The Morgan fingerprint density at radius 2 is 1.79 bits per heavy atom. The van der Waals surface area contributed by atoms with Crippen LogP contribution in [0, 0.1) is 11.8 Å². The average molecular weight is 455 g/mol. The zero-order valence-corrected chi connectivity index (χ0v) is 18.0. The Kier molecular flexibility index (Phi) is 6.93. The first-order chi connectivity index (χ1) is 13.8. The van der Waals surface area contributed by atoms with Crippen molar-refractivity contribution in [3.05, 3.63) is 52.5 Å². The molecule has 0 spiro atoms. The minimum Gasteiger partial charge on any atom is -0.481 e. The van der Waals surface area contributed by atoms with Crippen LogP contribution < -0.4 is 9.64 Å². The molecule has 9 heteroatoms. The molecule has 3 rings (SSSR count). The number of anilines is 1. The van der Waals surface area contributed by atoms with Crippen molar-refractivity contribution in [2.75, 3.05) is 31.1 Å². The van der Waals surface area contributed by atoms with Gasteiger partial charge in [-0.15, -0.1) is 5.92 Å². The van der Waals surface area contributed by atoms with Gasteiger partial charge < -0.3 is 14.7 Å². The molecule has 0 aliphatic carbocycles. The topological polar surface area (TPSA) is 70.1 Å². The maximum atomic E-state index is 13.0. The van der Waals surface area contributed by atoms with E-state index >= 15 is 0 Å². The molecule has 1 aliphatic heterocycles. The summed E-state index contributed by atoms with van der Waals surface area (Å²) in [6.45, 7) is 2.57. The van der Waals surface area contributed by atoms with E-state index in [4.69, 9.17) is 27.9 Å². The highest BCUT2D eigenvalue weighted by atomic mass is 35.5. The normalized spacial score (nSPS) is 17.5. The summed E-state index contributed by atoms with van der Waals surface area (Å²) in [5, 5.41) is 11.5. The van der Waals surface area contributed by atoms with Crippen molar-refractivity contribution >= 4 is 38.9 Å². The van der Waals surface area contributed by atoms with Crippen molar-refractivity contribution in [3.63, 3.8) is 0 Å². The van der Waals surface area contributed by atoms with Crippen molar-refractivity contribution in [1.82, 2.24) is 4.31 Å². The van der Waals surface area contributed by atoms with Crippen LogP contribution in [0.1, 0.15) is 6.92 Å². The number of sulfonamides is 1. The fourth-order valence-electron chi connectivity index (χ4n) is 3.02. The van der Waals surface area contributed by atoms with Gasteiger partial charge in [0.05, 0.1) is 11.4 Å². The lowest BCUT2D eigenvalue weighted by atomic mass is 10.2. The molecule has 2 aromatic rings. The second kappa shape index (κ2) is 9.24. The maximum Gasteiger partial charge on any atom is 0.245 e. The van der Waals surface area contributed by atoms with E-state index in [0.717, 1.165) is 9.99 Å². The van der Waals surface area contributed by atoms with E-state index in [-0.39, 0.29) is 24.6 Å². The molecule has 0 bridgehead atoms. The summed E-state index contributed by atoms with van der Waals surface area (Å²) in [5.74, 6) is 6.01. The molecule has 1 unspecified atom stereocenters. The van der Waals surface area contributed by atoms with E-state index in [1.54, 1.807) is 37.3 Å². The summed E-state index contributed by atoms with van der Waals surface area (Å²) in [6.07, 6.45) is -1.21. The summed E-state index contributed by atoms with van der Waals surface area (Å²) in [6, 6.07) is 11.1.